The average Bonchev–Trinajstić information content (AvgIpc) is 1.87. The molecule has 0 unspecified atom stereocenters. The molecular weight excluding hydrogens is 168 g/mol. The van der Waals surface area contributed by atoms with Crippen molar-refractivity contribution in [2.75, 3.05) is 6.61 Å². The Hall–Kier alpha value is -0.280. The summed E-state index contributed by atoms with van der Waals surface area (Å²) in [4.78, 5) is 10.7. The molecule has 0 aromatic rings. The van der Waals surface area contributed by atoms with E-state index >= 15 is 0 Å². The standard InChI is InChI=1S/C7H13ClO3/c1-3-11-7(10)4-6(8)5(2)9/h5-6,9H,3-4H2,1-2H3/t5-,6+/m0/s1. The highest BCUT2D eigenvalue weighted by Crippen LogP contribution is 2.07. The molecule has 66 valence electrons. The zero-order valence-electron chi connectivity index (χ0n) is 6.71. The summed E-state index contributed by atoms with van der Waals surface area (Å²) in [7, 11) is 0. The first-order chi connectivity index (χ1) is 5.07. The lowest BCUT2D eigenvalue weighted by Crippen LogP contribution is -2.21. The van der Waals surface area contributed by atoms with Crippen molar-refractivity contribution < 1.29 is 14.6 Å². The van der Waals surface area contributed by atoms with Crippen LogP contribution in [0.3, 0.4) is 0 Å². The van der Waals surface area contributed by atoms with Crippen LogP contribution in [0.25, 0.3) is 0 Å². The van der Waals surface area contributed by atoms with Crippen LogP contribution in [-0.4, -0.2) is 29.2 Å². The fourth-order valence-electron chi connectivity index (χ4n) is 0.550. The van der Waals surface area contributed by atoms with Crippen LogP contribution in [-0.2, 0) is 9.53 Å². The molecule has 2 atom stereocenters. The second kappa shape index (κ2) is 5.38. The number of esters is 1. The zero-order valence-corrected chi connectivity index (χ0v) is 7.47. The second-order valence-electron chi connectivity index (χ2n) is 2.27. The number of carbonyl (C=O) groups is 1. The Balaban J connectivity index is 3.57. The molecule has 0 aliphatic heterocycles. The van der Waals surface area contributed by atoms with Crippen LogP contribution >= 0.6 is 11.6 Å². The van der Waals surface area contributed by atoms with Crippen molar-refractivity contribution in [1.29, 1.82) is 0 Å². The van der Waals surface area contributed by atoms with Gasteiger partial charge in [-0.3, -0.25) is 4.79 Å². The minimum atomic E-state index is -0.680. The zero-order chi connectivity index (χ0) is 8.85. The van der Waals surface area contributed by atoms with Crippen molar-refractivity contribution in [3.63, 3.8) is 0 Å². The molecule has 0 bridgehead atoms. The minimum Gasteiger partial charge on any atom is -0.466 e. The van der Waals surface area contributed by atoms with Gasteiger partial charge in [-0.15, -0.1) is 11.6 Å². The predicted octanol–water partition coefficient (Wildman–Crippen LogP) is 0.928. The number of alkyl halides is 1. The van der Waals surface area contributed by atoms with E-state index in [9.17, 15) is 4.79 Å². The van der Waals surface area contributed by atoms with Gasteiger partial charge in [0.15, 0.2) is 0 Å². The van der Waals surface area contributed by atoms with Crippen molar-refractivity contribution in [2.24, 2.45) is 0 Å². The summed E-state index contributed by atoms with van der Waals surface area (Å²) in [5.41, 5.74) is 0. The van der Waals surface area contributed by atoms with E-state index in [2.05, 4.69) is 4.74 Å². The Morgan fingerprint density at radius 3 is 2.64 bits per heavy atom. The number of hydrogen-bond acceptors (Lipinski definition) is 3. The Labute approximate surface area is 71.3 Å². The highest BCUT2D eigenvalue weighted by molar-refractivity contribution is 6.22. The van der Waals surface area contributed by atoms with Gasteiger partial charge in [0.05, 0.1) is 24.5 Å². The third-order valence-corrected chi connectivity index (χ3v) is 1.71. The van der Waals surface area contributed by atoms with Crippen LogP contribution in [0.2, 0.25) is 0 Å². The molecule has 0 heterocycles. The first-order valence-corrected chi connectivity index (χ1v) is 3.99. The molecule has 0 saturated heterocycles. The number of carbonyl (C=O) groups excluding carboxylic acids is 1. The second-order valence-corrected chi connectivity index (χ2v) is 2.83. The maximum absolute atomic E-state index is 10.7. The summed E-state index contributed by atoms with van der Waals surface area (Å²) < 4.78 is 4.63. The molecule has 0 saturated carbocycles. The van der Waals surface area contributed by atoms with Gasteiger partial charge in [0.1, 0.15) is 0 Å². The van der Waals surface area contributed by atoms with E-state index in [1.54, 1.807) is 6.92 Å². The molecule has 3 nitrogen and oxygen atoms in total. The smallest absolute Gasteiger partial charge is 0.307 e. The molecule has 1 N–H and O–H groups in total. The lowest BCUT2D eigenvalue weighted by Gasteiger charge is -2.10. The van der Waals surface area contributed by atoms with E-state index in [1.165, 1.54) is 6.92 Å². The van der Waals surface area contributed by atoms with Gasteiger partial charge in [-0.25, -0.2) is 0 Å². The van der Waals surface area contributed by atoms with Crippen molar-refractivity contribution in [3.8, 4) is 0 Å². The molecule has 0 spiro atoms. The van der Waals surface area contributed by atoms with E-state index in [1.807, 2.05) is 0 Å². The summed E-state index contributed by atoms with van der Waals surface area (Å²) in [5, 5.41) is 8.35. The van der Waals surface area contributed by atoms with Crippen LogP contribution in [0.1, 0.15) is 20.3 Å². The minimum absolute atomic E-state index is 0.0626. The largest absolute Gasteiger partial charge is 0.466 e. The van der Waals surface area contributed by atoms with Crippen LogP contribution in [0.5, 0.6) is 0 Å². The molecular formula is C7H13ClO3. The lowest BCUT2D eigenvalue weighted by atomic mass is 10.2. The molecule has 0 fully saturated rings. The number of aliphatic hydroxyl groups is 1. The molecule has 0 rings (SSSR count). The first-order valence-electron chi connectivity index (χ1n) is 3.55. The van der Waals surface area contributed by atoms with Crippen molar-refractivity contribution in [1.82, 2.24) is 0 Å². The van der Waals surface area contributed by atoms with Gasteiger partial charge < -0.3 is 9.84 Å². The van der Waals surface area contributed by atoms with Crippen LogP contribution in [0, 0.1) is 0 Å². The predicted molar refractivity (Wildman–Crippen MR) is 42.6 cm³/mol. The van der Waals surface area contributed by atoms with Gasteiger partial charge in [-0.05, 0) is 13.8 Å². The average molecular weight is 181 g/mol. The summed E-state index contributed by atoms with van der Waals surface area (Å²) in [6, 6.07) is 0. The maximum Gasteiger partial charge on any atom is 0.307 e. The van der Waals surface area contributed by atoms with E-state index in [0.29, 0.717) is 6.61 Å². The fourth-order valence-corrected chi connectivity index (χ4v) is 0.676. The van der Waals surface area contributed by atoms with Gasteiger partial charge in [-0.1, -0.05) is 0 Å². The Kier molecular flexibility index (Phi) is 5.24. The van der Waals surface area contributed by atoms with Gasteiger partial charge in [0, 0.05) is 0 Å². The summed E-state index contributed by atoms with van der Waals surface area (Å²) in [6.07, 6.45) is -0.617. The molecule has 0 aliphatic carbocycles. The van der Waals surface area contributed by atoms with Crippen molar-refractivity contribution in [3.05, 3.63) is 0 Å². The van der Waals surface area contributed by atoms with Crippen LogP contribution < -0.4 is 0 Å². The quantitative estimate of drug-likeness (QED) is 0.517. The molecule has 0 amide bonds. The van der Waals surface area contributed by atoms with E-state index < -0.39 is 11.5 Å². The number of rotatable bonds is 4. The van der Waals surface area contributed by atoms with Crippen LogP contribution in [0.15, 0.2) is 0 Å². The highest BCUT2D eigenvalue weighted by Gasteiger charge is 2.16. The Morgan fingerprint density at radius 1 is 1.73 bits per heavy atom. The summed E-state index contributed by atoms with van der Waals surface area (Å²) in [6.45, 7) is 3.61. The number of ether oxygens (including phenoxy) is 1. The fraction of sp³-hybridized carbons (Fsp3) is 0.857. The SMILES string of the molecule is CCOC(=O)C[C@@H](Cl)[C@H](C)O. The number of aliphatic hydroxyl groups excluding tert-OH is 1. The Morgan fingerprint density at radius 2 is 2.27 bits per heavy atom. The van der Waals surface area contributed by atoms with E-state index in [-0.39, 0.29) is 12.4 Å². The third-order valence-electron chi connectivity index (χ3n) is 1.19. The first kappa shape index (κ1) is 10.7. The van der Waals surface area contributed by atoms with Gasteiger partial charge in [0.2, 0.25) is 0 Å². The van der Waals surface area contributed by atoms with E-state index in [4.69, 9.17) is 16.7 Å². The summed E-state index contributed by atoms with van der Waals surface area (Å²) in [5.74, 6) is -0.367. The molecule has 0 aromatic carbocycles. The monoisotopic (exact) mass is 180 g/mol. The molecule has 0 radical (unpaired) electrons. The lowest BCUT2D eigenvalue weighted by molar-refractivity contribution is -0.143. The maximum atomic E-state index is 10.7. The number of halogens is 1. The van der Waals surface area contributed by atoms with Crippen molar-refractivity contribution in [2.45, 2.75) is 31.7 Å². The number of hydrogen-bond donors (Lipinski definition) is 1. The highest BCUT2D eigenvalue weighted by atomic mass is 35.5. The van der Waals surface area contributed by atoms with E-state index in [0.717, 1.165) is 0 Å². The van der Waals surface area contributed by atoms with Gasteiger partial charge >= 0.3 is 5.97 Å². The Bertz CT molecular complexity index is 125. The third kappa shape index (κ3) is 5.04. The molecule has 11 heavy (non-hydrogen) atoms. The van der Waals surface area contributed by atoms with Gasteiger partial charge in [-0.2, -0.15) is 0 Å². The topological polar surface area (TPSA) is 46.5 Å². The van der Waals surface area contributed by atoms with Crippen LogP contribution in [0.4, 0.5) is 0 Å². The van der Waals surface area contributed by atoms with Crippen molar-refractivity contribution >= 4 is 17.6 Å². The normalized spacial score (nSPS) is 15.6. The van der Waals surface area contributed by atoms with Gasteiger partial charge in [0.25, 0.3) is 0 Å². The molecule has 0 aromatic heterocycles. The molecule has 4 heteroatoms. The molecule has 0 aliphatic rings. The summed E-state index contributed by atoms with van der Waals surface area (Å²) >= 11 is 5.60.